The fraction of sp³-hybridized carbons (Fsp3) is 0.417. The number of carbonyl (C=O) groups is 1. The summed E-state index contributed by atoms with van der Waals surface area (Å²) >= 11 is 0. The van der Waals surface area contributed by atoms with Crippen LogP contribution >= 0.6 is 7.75 Å². The van der Waals surface area contributed by atoms with E-state index in [9.17, 15) is 24.8 Å². The number of aliphatic hydroxyl groups is 2. The van der Waals surface area contributed by atoms with Crippen LogP contribution in [0, 0.1) is 11.3 Å². The molecule has 1 fully saturated rings. The Kier molecular flexibility index (Phi) is 8.22. The van der Waals surface area contributed by atoms with Gasteiger partial charge in [0.25, 0.3) is 0 Å². The minimum atomic E-state index is -4.30. The summed E-state index contributed by atoms with van der Waals surface area (Å²) in [6, 6.07) is 11.9. The molecule has 0 radical (unpaired) electrons. The van der Waals surface area contributed by atoms with Crippen molar-refractivity contribution >= 4 is 25.1 Å². The van der Waals surface area contributed by atoms with Crippen LogP contribution in [0.25, 0.3) is 5.52 Å². The van der Waals surface area contributed by atoms with Crippen molar-refractivity contribution in [3.05, 3.63) is 54.5 Å². The summed E-state index contributed by atoms with van der Waals surface area (Å²) in [5, 5.41) is 38.4. The van der Waals surface area contributed by atoms with E-state index in [1.165, 1.54) is 36.0 Å². The Bertz CT molecular complexity index is 1410. The van der Waals surface area contributed by atoms with E-state index in [-0.39, 0.29) is 17.3 Å². The third kappa shape index (κ3) is 5.74. The van der Waals surface area contributed by atoms with Crippen molar-refractivity contribution in [2.24, 2.45) is 0 Å². The van der Waals surface area contributed by atoms with Gasteiger partial charge in [0.2, 0.25) is 5.60 Å². The lowest BCUT2D eigenvalue weighted by molar-refractivity contribution is -0.149. The van der Waals surface area contributed by atoms with Gasteiger partial charge in [0.15, 0.2) is 5.82 Å². The molecule has 0 bridgehead atoms. The highest BCUT2D eigenvalue weighted by Crippen LogP contribution is 2.47. The molecule has 3 heterocycles. The number of nitriles is 1. The van der Waals surface area contributed by atoms with Crippen LogP contribution < -0.4 is 15.3 Å². The number of carbonyl (C=O) groups excluding carboxylic acids is 1. The van der Waals surface area contributed by atoms with Gasteiger partial charge in [-0.3, -0.25) is 9.32 Å². The molecule has 15 heteroatoms. The molecule has 5 N–H and O–H groups in total. The van der Waals surface area contributed by atoms with E-state index in [1.807, 2.05) is 6.07 Å². The number of fused-ring (bicyclic) bond motifs is 1. The molecule has 0 saturated carbocycles. The first kappa shape index (κ1) is 28.4. The molecule has 6 atom stereocenters. The number of nitrogen functional groups attached to an aromatic ring is 1. The number of benzene rings is 1. The van der Waals surface area contributed by atoms with E-state index in [0.29, 0.717) is 5.52 Å². The second kappa shape index (κ2) is 11.3. The van der Waals surface area contributed by atoms with E-state index in [1.54, 1.807) is 38.1 Å². The van der Waals surface area contributed by atoms with Crippen LogP contribution in [0.2, 0.25) is 0 Å². The Hall–Kier alpha value is -3.57. The number of nitrogens with zero attached hydrogens (tertiary/aromatic N) is 4. The fourth-order valence-corrected chi connectivity index (χ4v) is 5.56. The number of aromatic nitrogens is 3. The topological polar surface area (TPSA) is 204 Å². The van der Waals surface area contributed by atoms with E-state index in [2.05, 4.69) is 15.2 Å². The van der Waals surface area contributed by atoms with Crippen LogP contribution in [0.4, 0.5) is 5.82 Å². The molecule has 1 aliphatic rings. The maximum absolute atomic E-state index is 13.7. The molecule has 3 aromatic rings. The van der Waals surface area contributed by atoms with Crippen LogP contribution in [0.1, 0.15) is 26.5 Å². The van der Waals surface area contributed by atoms with Gasteiger partial charge in [-0.25, -0.2) is 14.1 Å². The zero-order valence-electron chi connectivity index (χ0n) is 21.4. The maximum atomic E-state index is 13.7. The number of hydrogen-bond donors (Lipinski definition) is 4. The Balaban J connectivity index is 1.58. The van der Waals surface area contributed by atoms with Gasteiger partial charge >= 0.3 is 13.7 Å². The SMILES string of the molecule is CC(C)OC(=O)C(C)N[P@@](=O)(OC[C@H]1O[C@@](C#N)(c2ccc3c(N)ncnn23)[C@H](O)[C@@H]1O)Oc1ccccc1. The summed E-state index contributed by atoms with van der Waals surface area (Å²) < 4.78 is 37.2. The molecule has 14 nitrogen and oxygen atoms in total. The lowest BCUT2D eigenvalue weighted by Gasteiger charge is -2.25. The summed E-state index contributed by atoms with van der Waals surface area (Å²) in [4.78, 5) is 16.2. The summed E-state index contributed by atoms with van der Waals surface area (Å²) in [7, 11) is -4.30. The molecule has 0 spiro atoms. The van der Waals surface area contributed by atoms with Gasteiger partial charge in [0, 0.05) is 0 Å². The van der Waals surface area contributed by atoms with Crippen LogP contribution in [-0.2, 0) is 29.0 Å². The van der Waals surface area contributed by atoms with Gasteiger partial charge in [0.1, 0.15) is 48.0 Å². The fourth-order valence-electron chi connectivity index (χ4n) is 4.06. The molecule has 1 aromatic carbocycles. The van der Waals surface area contributed by atoms with E-state index < -0.39 is 56.4 Å². The Morgan fingerprint density at radius 2 is 2.00 bits per heavy atom. The van der Waals surface area contributed by atoms with Crippen LogP contribution in [0.3, 0.4) is 0 Å². The van der Waals surface area contributed by atoms with Crippen molar-refractivity contribution in [1.29, 1.82) is 5.26 Å². The van der Waals surface area contributed by atoms with Crippen molar-refractivity contribution in [2.45, 2.75) is 56.8 Å². The average molecular weight is 561 g/mol. The van der Waals surface area contributed by atoms with Gasteiger partial charge in [0.05, 0.1) is 18.4 Å². The van der Waals surface area contributed by atoms with Crippen molar-refractivity contribution in [1.82, 2.24) is 19.7 Å². The number of nitrogens with one attached hydrogen (secondary N) is 1. The Morgan fingerprint density at radius 1 is 1.28 bits per heavy atom. The quantitative estimate of drug-likeness (QED) is 0.204. The van der Waals surface area contributed by atoms with Crippen molar-refractivity contribution in [3.63, 3.8) is 0 Å². The van der Waals surface area contributed by atoms with E-state index >= 15 is 0 Å². The maximum Gasteiger partial charge on any atom is 0.459 e. The second-order valence-corrected chi connectivity index (χ2v) is 10.8. The predicted octanol–water partition coefficient (Wildman–Crippen LogP) is 1.28. The highest BCUT2D eigenvalue weighted by molar-refractivity contribution is 7.52. The number of anilines is 1. The Morgan fingerprint density at radius 3 is 2.67 bits per heavy atom. The van der Waals surface area contributed by atoms with Crippen LogP contribution in [-0.4, -0.2) is 67.8 Å². The average Bonchev–Trinajstić information content (AvgIpc) is 3.44. The largest absolute Gasteiger partial charge is 0.462 e. The molecule has 2 aromatic heterocycles. The Labute approximate surface area is 223 Å². The van der Waals surface area contributed by atoms with Crippen molar-refractivity contribution in [3.8, 4) is 11.8 Å². The number of aliphatic hydroxyl groups excluding tert-OH is 2. The van der Waals surface area contributed by atoms with Gasteiger partial charge in [-0.15, -0.1) is 0 Å². The molecule has 0 aliphatic carbocycles. The zero-order chi connectivity index (χ0) is 28.4. The number of hydrogen-bond acceptors (Lipinski definition) is 12. The molecule has 1 aliphatic heterocycles. The van der Waals surface area contributed by atoms with Gasteiger partial charge in [-0.1, -0.05) is 18.2 Å². The monoisotopic (exact) mass is 560 g/mol. The van der Waals surface area contributed by atoms with E-state index in [0.717, 1.165) is 0 Å². The number of para-hydroxylation sites is 1. The summed E-state index contributed by atoms with van der Waals surface area (Å²) in [5.41, 5.74) is 4.25. The summed E-state index contributed by atoms with van der Waals surface area (Å²) in [6.45, 7) is 4.17. The lowest BCUT2D eigenvalue weighted by atomic mass is 9.92. The van der Waals surface area contributed by atoms with Gasteiger partial charge in [-0.2, -0.15) is 15.4 Å². The number of rotatable bonds is 10. The van der Waals surface area contributed by atoms with Crippen LogP contribution in [0.5, 0.6) is 5.75 Å². The third-order valence-electron chi connectivity index (χ3n) is 5.92. The first-order valence-electron chi connectivity index (χ1n) is 12.0. The van der Waals surface area contributed by atoms with Crippen molar-refractivity contribution in [2.75, 3.05) is 12.3 Å². The number of esters is 1. The van der Waals surface area contributed by atoms with Gasteiger partial charge in [-0.05, 0) is 45.0 Å². The minimum absolute atomic E-state index is 0.0926. The predicted molar refractivity (Wildman–Crippen MR) is 136 cm³/mol. The van der Waals surface area contributed by atoms with Crippen molar-refractivity contribution < 1.29 is 38.1 Å². The first-order chi connectivity index (χ1) is 18.5. The van der Waals surface area contributed by atoms with Crippen LogP contribution in [0.15, 0.2) is 48.8 Å². The summed E-state index contributed by atoms with van der Waals surface area (Å²) in [5.74, 6) is -0.385. The molecular formula is C24H29N6O8P. The smallest absolute Gasteiger partial charge is 0.459 e. The van der Waals surface area contributed by atoms with Gasteiger partial charge < -0.3 is 29.9 Å². The standard InChI is InChI=1S/C24H29N6O8P/c1-14(2)36-23(33)15(3)29-39(34,38-16-7-5-4-6-8-16)35-11-18-20(31)21(32)24(12-25,37-18)19-10-9-17-22(26)27-13-28-30(17)19/h4-10,13-15,18,20-21,31-32H,11H2,1-3H3,(H,29,34)(H2,26,27,28)/t15?,18-,20-,21-,24+,39-/m1/s1. The highest BCUT2D eigenvalue weighted by Gasteiger charge is 2.58. The zero-order valence-corrected chi connectivity index (χ0v) is 22.3. The lowest BCUT2D eigenvalue weighted by Crippen LogP contribution is -2.41. The molecule has 4 rings (SSSR count). The molecule has 39 heavy (non-hydrogen) atoms. The molecule has 1 saturated heterocycles. The first-order valence-corrected chi connectivity index (χ1v) is 13.6. The number of ether oxygens (including phenoxy) is 2. The summed E-state index contributed by atoms with van der Waals surface area (Å²) in [6.07, 6.45) is -3.96. The molecular weight excluding hydrogens is 531 g/mol. The molecule has 0 amide bonds. The normalized spacial score (nSPS) is 25.2. The third-order valence-corrected chi connectivity index (χ3v) is 7.57. The molecule has 208 valence electrons. The minimum Gasteiger partial charge on any atom is -0.462 e. The second-order valence-electron chi connectivity index (χ2n) is 9.13. The van der Waals surface area contributed by atoms with E-state index in [4.69, 9.17) is 24.3 Å². The number of nitrogens with two attached hydrogens (primary N) is 1. The molecule has 1 unspecified atom stereocenters. The highest BCUT2D eigenvalue weighted by atomic mass is 31.2.